The van der Waals surface area contributed by atoms with E-state index in [-0.39, 0.29) is 12.1 Å². The summed E-state index contributed by atoms with van der Waals surface area (Å²) in [5.74, 6) is 0.677. The Morgan fingerprint density at radius 2 is 2.04 bits per heavy atom. The molecule has 122 valence electrons. The molecule has 1 aromatic heterocycles. The summed E-state index contributed by atoms with van der Waals surface area (Å²) in [5, 5.41) is 7.29. The number of fused-ring (bicyclic) bond motifs is 1. The summed E-state index contributed by atoms with van der Waals surface area (Å²) in [7, 11) is 2.12. The van der Waals surface area contributed by atoms with Crippen LogP contribution in [0.1, 0.15) is 36.6 Å². The highest BCUT2D eigenvalue weighted by atomic mass is 32.1. The molecule has 2 fully saturated rings. The quantitative estimate of drug-likeness (QED) is 0.907. The van der Waals surface area contributed by atoms with Gasteiger partial charge in [0.1, 0.15) is 0 Å². The van der Waals surface area contributed by atoms with Crippen molar-refractivity contribution in [2.24, 2.45) is 0 Å². The number of carbonyl (C=O) groups excluding carboxylic acids is 1. The first kappa shape index (κ1) is 14.9. The maximum Gasteiger partial charge on any atom is 0.319 e. The fourth-order valence-electron chi connectivity index (χ4n) is 3.03. The van der Waals surface area contributed by atoms with Gasteiger partial charge in [-0.1, -0.05) is 0 Å². The molecule has 6 heteroatoms. The second-order valence-electron chi connectivity index (χ2n) is 6.68. The second-order valence-corrected chi connectivity index (χ2v) is 7.75. The van der Waals surface area contributed by atoms with Crippen LogP contribution in [0.5, 0.6) is 0 Å². The van der Waals surface area contributed by atoms with E-state index in [0.717, 1.165) is 41.8 Å². The predicted molar refractivity (Wildman–Crippen MR) is 94.3 cm³/mol. The van der Waals surface area contributed by atoms with Crippen LogP contribution in [0.4, 0.5) is 10.5 Å². The van der Waals surface area contributed by atoms with Gasteiger partial charge in [-0.3, -0.25) is 0 Å². The fraction of sp³-hybridized carbons (Fsp3) is 0.529. The molecule has 2 amide bonds. The first-order valence-corrected chi connectivity index (χ1v) is 9.15. The van der Waals surface area contributed by atoms with Crippen LogP contribution in [0.25, 0.3) is 10.2 Å². The highest BCUT2D eigenvalue weighted by Crippen LogP contribution is 2.43. The van der Waals surface area contributed by atoms with Gasteiger partial charge in [0.2, 0.25) is 0 Å². The molecule has 2 N–H and O–H groups in total. The Hall–Kier alpha value is -1.66. The SMILES string of the molecule is CN1CCC(NC(=O)Nc2ccc3nc(C4CC4)sc3c2)CC1. The number of nitrogens with one attached hydrogen (secondary N) is 2. The minimum absolute atomic E-state index is 0.106. The number of carbonyl (C=O) groups is 1. The molecule has 1 aromatic carbocycles. The van der Waals surface area contributed by atoms with E-state index in [4.69, 9.17) is 0 Å². The third-order valence-corrected chi connectivity index (χ3v) is 5.82. The Kier molecular flexibility index (Phi) is 3.95. The molecule has 2 aromatic rings. The zero-order chi connectivity index (χ0) is 15.8. The summed E-state index contributed by atoms with van der Waals surface area (Å²) in [6.07, 6.45) is 4.57. The smallest absolute Gasteiger partial charge is 0.319 e. The van der Waals surface area contributed by atoms with Gasteiger partial charge in [0, 0.05) is 17.6 Å². The number of urea groups is 1. The average molecular weight is 330 g/mol. The molecule has 4 rings (SSSR count). The third-order valence-electron chi connectivity index (χ3n) is 4.64. The van der Waals surface area contributed by atoms with Crippen molar-refractivity contribution in [3.05, 3.63) is 23.2 Å². The van der Waals surface area contributed by atoms with E-state index in [9.17, 15) is 4.79 Å². The lowest BCUT2D eigenvalue weighted by Gasteiger charge is -2.29. The van der Waals surface area contributed by atoms with Gasteiger partial charge in [0.15, 0.2) is 0 Å². The summed E-state index contributed by atoms with van der Waals surface area (Å²) in [4.78, 5) is 19.2. The molecule has 5 nitrogen and oxygen atoms in total. The molecule has 23 heavy (non-hydrogen) atoms. The topological polar surface area (TPSA) is 57.3 Å². The van der Waals surface area contributed by atoms with Crippen molar-refractivity contribution >= 4 is 33.3 Å². The molecule has 1 saturated carbocycles. The zero-order valence-corrected chi connectivity index (χ0v) is 14.2. The molecule has 0 spiro atoms. The van der Waals surface area contributed by atoms with Crippen LogP contribution in [0.2, 0.25) is 0 Å². The van der Waals surface area contributed by atoms with Crippen LogP contribution >= 0.6 is 11.3 Å². The van der Waals surface area contributed by atoms with Gasteiger partial charge in [-0.05, 0) is 64.0 Å². The number of amides is 2. The van der Waals surface area contributed by atoms with E-state index in [2.05, 4.69) is 27.6 Å². The first-order chi connectivity index (χ1) is 11.2. The van der Waals surface area contributed by atoms with E-state index >= 15 is 0 Å². The molecule has 0 radical (unpaired) electrons. The van der Waals surface area contributed by atoms with E-state index in [1.165, 1.54) is 17.8 Å². The molecular formula is C17H22N4OS. The molecule has 0 bridgehead atoms. The van der Waals surface area contributed by atoms with Crippen molar-refractivity contribution in [1.82, 2.24) is 15.2 Å². The summed E-state index contributed by atoms with van der Waals surface area (Å²) >= 11 is 1.76. The average Bonchev–Trinajstić information content (AvgIpc) is 3.29. The van der Waals surface area contributed by atoms with Crippen LogP contribution in [0.3, 0.4) is 0 Å². The Balaban J connectivity index is 1.39. The highest BCUT2D eigenvalue weighted by Gasteiger charge is 2.27. The van der Waals surface area contributed by atoms with Gasteiger partial charge in [-0.25, -0.2) is 9.78 Å². The van der Waals surface area contributed by atoms with Crippen LogP contribution in [0, 0.1) is 0 Å². The Bertz CT molecular complexity index is 716. The van der Waals surface area contributed by atoms with Crippen molar-refractivity contribution in [3.8, 4) is 0 Å². The van der Waals surface area contributed by atoms with Gasteiger partial charge in [0.05, 0.1) is 15.2 Å². The number of benzene rings is 1. The number of likely N-dealkylation sites (tertiary alicyclic amines) is 1. The number of aromatic nitrogens is 1. The summed E-state index contributed by atoms with van der Waals surface area (Å²) in [6.45, 7) is 2.09. The molecule has 1 saturated heterocycles. The van der Waals surface area contributed by atoms with Crippen molar-refractivity contribution < 1.29 is 4.79 Å². The van der Waals surface area contributed by atoms with Gasteiger partial charge in [-0.2, -0.15) is 0 Å². The van der Waals surface area contributed by atoms with Crippen molar-refractivity contribution in [2.75, 3.05) is 25.5 Å². The number of rotatable bonds is 3. The number of thiazole rings is 1. The molecule has 1 aliphatic heterocycles. The molecule has 2 aliphatic rings. The highest BCUT2D eigenvalue weighted by molar-refractivity contribution is 7.18. The molecule has 0 atom stereocenters. The minimum Gasteiger partial charge on any atom is -0.335 e. The molecular weight excluding hydrogens is 308 g/mol. The number of hydrogen-bond acceptors (Lipinski definition) is 4. The summed E-state index contributed by atoms with van der Waals surface area (Å²) in [5.41, 5.74) is 1.88. The number of nitrogens with zero attached hydrogens (tertiary/aromatic N) is 2. The van der Waals surface area contributed by atoms with Gasteiger partial charge < -0.3 is 15.5 Å². The fourth-order valence-corrected chi connectivity index (χ4v) is 4.21. The molecule has 1 aliphatic carbocycles. The van der Waals surface area contributed by atoms with E-state index in [1.54, 1.807) is 11.3 Å². The summed E-state index contributed by atoms with van der Waals surface area (Å²) < 4.78 is 1.16. The first-order valence-electron chi connectivity index (χ1n) is 8.34. The normalized spacial score (nSPS) is 19.9. The monoisotopic (exact) mass is 330 g/mol. The van der Waals surface area contributed by atoms with Crippen LogP contribution in [0.15, 0.2) is 18.2 Å². The van der Waals surface area contributed by atoms with Crippen molar-refractivity contribution in [1.29, 1.82) is 0 Å². The Labute approximate surface area is 140 Å². The maximum atomic E-state index is 12.2. The molecule has 0 unspecified atom stereocenters. The Morgan fingerprint density at radius 1 is 1.26 bits per heavy atom. The van der Waals surface area contributed by atoms with Crippen LogP contribution < -0.4 is 10.6 Å². The van der Waals surface area contributed by atoms with Crippen LogP contribution in [-0.2, 0) is 0 Å². The molecule has 2 heterocycles. The minimum atomic E-state index is -0.106. The standard InChI is InChI=1S/C17H22N4OS/c1-21-8-6-12(7-9-21)18-17(22)19-13-4-5-14-15(10-13)23-16(20-14)11-2-3-11/h4-5,10-12H,2-3,6-9H2,1H3,(H2,18,19,22). The maximum absolute atomic E-state index is 12.2. The number of anilines is 1. The lowest BCUT2D eigenvalue weighted by Crippen LogP contribution is -2.44. The largest absolute Gasteiger partial charge is 0.335 e. The predicted octanol–water partition coefficient (Wildman–Crippen LogP) is 3.39. The van der Waals surface area contributed by atoms with Gasteiger partial charge >= 0.3 is 6.03 Å². The van der Waals surface area contributed by atoms with Gasteiger partial charge in [-0.15, -0.1) is 11.3 Å². The van der Waals surface area contributed by atoms with Crippen LogP contribution in [-0.4, -0.2) is 42.1 Å². The van der Waals surface area contributed by atoms with E-state index in [1.807, 2.05) is 18.2 Å². The second kappa shape index (κ2) is 6.09. The third kappa shape index (κ3) is 3.48. The van der Waals surface area contributed by atoms with Crippen molar-refractivity contribution in [2.45, 2.75) is 37.6 Å². The van der Waals surface area contributed by atoms with Gasteiger partial charge in [0.25, 0.3) is 0 Å². The lowest BCUT2D eigenvalue weighted by atomic mass is 10.1. The van der Waals surface area contributed by atoms with E-state index < -0.39 is 0 Å². The van der Waals surface area contributed by atoms with Crippen molar-refractivity contribution in [3.63, 3.8) is 0 Å². The number of piperidine rings is 1. The van der Waals surface area contributed by atoms with E-state index in [0.29, 0.717) is 5.92 Å². The summed E-state index contributed by atoms with van der Waals surface area (Å²) in [6, 6.07) is 6.15. The zero-order valence-electron chi connectivity index (χ0n) is 13.3. The number of hydrogen-bond donors (Lipinski definition) is 2. The Morgan fingerprint density at radius 3 is 2.78 bits per heavy atom. The lowest BCUT2D eigenvalue weighted by molar-refractivity contribution is 0.221.